The first-order chi connectivity index (χ1) is 13.5. The summed E-state index contributed by atoms with van der Waals surface area (Å²) >= 11 is 0. The van der Waals surface area contributed by atoms with Crippen LogP contribution in [0.3, 0.4) is 0 Å². The fraction of sp³-hybridized carbons (Fsp3) is 0.632. The summed E-state index contributed by atoms with van der Waals surface area (Å²) in [6.07, 6.45) is 2.64. The number of unbranched alkanes of at least 4 members (excludes halogenated alkanes) is 1. The molecule has 1 aromatic rings. The van der Waals surface area contributed by atoms with Crippen molar-refractivity contribution in [3.63, 3.8) is 0 Å². The van der Waals surface area contributed by atoms with Gasteiger partial charge in [-0.2, -0.15) is 0 Å². The first-order valence-corrected chi connectivity index (χ1v) is 11.4. The van der Waals surface area contributed by atoms with Crippen LogP contribution in [0.1, 0.15) is 32.6 Å². The Morgan fingerprint density at radius 1 is 1.25 bits per heavy atom. The minimum absolute atomic E-state index is 0.0418. The molecule has 1 saturated heterocycles. The van der Waals surface area contributed by atoms with E-state index >= 15 is 0 Å². The Kier molecular flexibility index (Phi) is 7.01. The van der Waals surface area contributed by atoms with Crippen LogP contribution in [-0.2, 0) is 14.8 Å². The minimum Gasteiger partial charge on any atom is -0.492 e. The lowest BCUT2D eigenvalue weighted by Crippen LogP contribution is -2.44. The molecule has 1 aromatic carbocycles. The van der Waals surface area contributed by atoms with Gasteiger partial charge in [-0.05, 0) is 31.4 Å². The van der Waals surface area contributed by atoms with E-state index in [-0.39, 0.29) is 24.4 Å². The molecule has 2 aliphatic heterocycles. The monoisotopic (exact) mass is 412 g/mol. The van der Waals surface area contributed by atoms with E-state index in [9.17, 15) is 13.2 Å². The second kappa shape index (κ2) is 9.47. The quantitative estimate of drug-likeness (QED) is 0.621. The zero-order chi connectivity index (χ0) is 20.0. The Bertz CT molecular complexity index is 775. The molecule has 0 atom stereocenters. The molecule has 28 heavy (non-hydrogen) atoms. The fourth-order valence-corrected chi connectivity index (χ4v) is 4.98. The number of sulfonamides is 1. The van der Waals surface area contributed by atoms with Crippen molar-refractivity contribution in [3.05, 3.63) is 18.2 Å². The normalized spacial score (nSPS) is 17.5. The molecule has 2 aliphatic rings. The smallest absolute Gasteiger partial charge is 0.231 e. The number of piperidine rings is 1. The maximum atomic E-state index is 12.3. The van der Waals surface area contributed by atoms with E-state index in [4.69, 9.17) is 14.2 Å². The Balaban J connectivity index is 1.36. The second-order valence-electron chi connectivity index (χ2n) is 7.00. The SMILES string of the molecule is CCCCS(=O)(=O)N1CCC(C(=O)NCCOc2ccc3c(c2)OCO3)CC1. The number of rotatable bonds is 9. The summed E-state index contributed by atoms with van der Waals surface area (Å²) in [5.41, 5.74) is 0. The molecule has 0 radical (unpaired) electrons. The van der Waals surface area contributed by atoms with Gasteiger partial charge in [-0.1, -0.05) is 13.3 Å². The molecule has 0 unspecified atom stereocenters. The van der Waals surface area contributed by atoms with Gasteiger partial charge in [-0.15, -0.1) is 0 Å². The topological polar surface area (TPSA) is 94.2 Å². The molecule has 0 spiro atoms. The maximum absolute atomic E-state index is 12.3. The highest BCUT2D eigenvalue weighted by atomic mass is 32.2. The van der Waals surface area contributed by atoms with Gasteiger partial charge >= 0.3 is 0 Å². The predicted molar refractivity (Wildman–Crippen MR) is 104 cm³/mol. The highest BCUT2D eigenvalue weighted by Crippen LogP contribution is 2.35. The third-order valence-electron chi connectivity index (χ3n) is 4.99. The minimum atomic E-state index is -3.19. The Labute approximate surface area is 166 Å². The number of carbonyl (C=O) groups excluding carboxylic acids is 1. The molecule has 8 nitrogen and oxygen atoms in total. The molecule has 2 heterocycles. The number of ether oxygens (including phenoxy) is 3. The molecule has 1 fully saturated rings. The Morgan fingerprint density at radius 3 is 2.75 bits per heavy atom. The zero-order valence-corrected chi connectivity index (χ0v) is 17.0. The van der Waals surface area contributed by atoms with Crippen LogP contribution in [0.25, 0.3) is 0 Å². The molecular formula is C19H28N2O6S. The lowest BCUT2D eigenvalue weighted by molar-refractivity contribution is -0.126. The molecule has 3 rings (SSSR count). The van der Waals surface area contributed by atoms with Gasteiger partial charge in [0.1, 0.15) is 12.4 Å². The van der Waals surface area contributed by atoms with Gasteiger partial charge in [-0.3, -0.25) is 4.79 Å². The van der Waals surface area contributed by atoms with Gasteiger partial charge < -0.3 is 19.5 Å². The summed E-state index contributed by atoms with van der Waals surface area (Å²) in [4.78, 5) is 12.3. The standard InChI is InChI=1S/C19H28N2O6S/c1-2-3-12-28(23,24)21-9-6-15(7-10-21)19(22)20-8-11-25-16-4-5-17-18(13-16)27-14-26-17/h4-5,13,15H,2-3,6-12,14H2,1H3,(H,20,22). The molecule has 0 bridgehead atoms. The van der Waals surface area contributed by atoms with Crippen LogP contribution in [0.4, 0.5) is 0 Å². The summed E-state index contributed by atoms with van der Waals surface area (Å²) < 4.78 is 42.2. The molecular weight excluding hydrogens is 384 g/mol. The number of nitrogens with zero attached hydrogens (tertiary/aromatic N) is 1. The van der Waals surface area contributed by atoms with Gasteiger partial charge in [0.05, 0.1) is 12.3 Å². The van der Waals surface area contributed by atoms with Crippen molar-refractivity contribution in [1.82, 2.24) is 9.62 Å². The van der Waals surface area contributed by atoms with Crippen LogP contribution in [0.5, 0.6) is 17.2 Å². The van der Waals surface area contributed by atoms with Crippen molar-refractivity contribution in [2.24, 2.45) is 5.92 Å². The van der Waals surface area contributed by atoms with E-state index < -0.39 is 10.0 Å². The van der Waals surface area contributed by atoms with Crippen molar-refractivity contribution >= 4 is 15.9 Å². The van der Waals surface area contributed by atoms with Crippen LogP contribution in [0.2, 0.25) is 0 Å². The molecule has 0 aliphatic carbocycles. The third kappa shape index (κ3) is 5.29. The van der Waals surface area contributed by atoms with Gasteiger partial charge in [0, 0.05) is 25.1 Å². The fourth-order valence-electron chi connectivity index (χ4n) is 3.31. The second-order valence-corrected chi connectivity index (χ2v) is 9.09. The average molecular weight is 413 g/mol. The Morgan fingerprint density at radius 2 is 2.00 bits per heavy atom. The third-order valence-corrected chi connectivity index (χ3v) is 6.94. The highest BCUT2D eigenvalue weighted by molar-refractivity contribution is 7.89. The van der Waals surface area contributed by atoms with Crippen LogP contribution >= 0.6 is 0 Å². The van der Waals surface area contributed by atoms with Crippen LogP contribution in [-0.4, -0.2) is 57.4 Å². The molecule has 0 aromatic heterocycles. The van der Waals surface area contributed by atoms with Crippen LogP contribution in [0.15, 0.2) is 18.2 Å². The van der Waals surface area contributed by atoms with Crippen molar-refractivity contribution in [2.45, 2.75) is 32.6 Å². The molecule has 156 valence electrons. The van der Waals surface area contributed by atoms with E-state index in [0.29, 0.717) is 62.8 Å². The molecule has 1 amide bonds. The summed E-state index contributed by atoms with van der Waals surface area (Å²) in [7, 11) is -3.19. The molecule has 0 saturated carbocycles. The number of nitrogens with one attached hydrogen (secondary N) is 1. The summed E-state index contributed by atoms with van der Waals surface area (Å²) in [5.74, 6) is 2.01. The van der Waals surface area contributed by atoms with Gasteiger partial charge in [-0.25, -0.2) is 12.7 Å². The van der Waals surface area contributed by atoms with Crippen molar-refractivity contribution in [3.8, 4) is 17.2 Å². The van der Waals surface area contributed by atoms with Crippen LogP contribution < -0.4 is 19.5 Å². The van der Waals surface area contributed by atoms with E-state index in [2.05, 4.69) is 5.32 Å². The Hall–Kier alpha value is -2.00. The van der Waals surface area contributed by atoms with Crippen molar-refractivity contribution in [1.29, 1.82) is 0 Å². The van der Waals surface area contributed by atoms with Gasteiger partial charge in [0.2, 0.25) is 22.7 Å². The average Bonchev–Trinajstić information content (AvgIpc) is 3.17. The summed E-state index contributed by atoms with van der Waals surface area (Å²) in [6.45, 7) is 3.75. The summed E-state index contributed by atoms with van der Waals surface area (Å²) in [6, 6.07) is 5.35. The van der Waals surface area contributed by atoms with Gasteiger partial charge in [0.25, 0.3) is 0 Å². The lowest BCUT2D eigenvalue weighted by Gasteiger charge is -2.30. The van der Waals surface area contributed by atoms with Crippen molar-refractivity contribution in [2.75, 3.05) is 38.8 Å². The molecule has 1 N–H and O–H groups in total. The largest absolute Gasteiger partial charge is 0.492 e. The predicted octanol–water partition coefficient (Wildman–Crippen LogP) is 1.75. The number of benzene rings is 1. The summed E-state index contributed by atoms with van der Waals surface area (Å²) in [5, 5.41) is 2.87. The maximum Gasteiger partial charge on any atom is 0.231 e. The van der Waals surface area contributed by atoms with E-state index in [0.717, 1.165) is 6.42 Å². The number of amides is 1. The number of hydrogen-bond acceptors (Lipinski definition) is 6. The number of fused-ring (bicyclic) bond motifs is 1. The number of carbonyl (C=O) groups is 1. The highest BCUT2D eigenvalue weighted by Gasteiger charge is 2.30. The van der Waals surface area contributed by atoms with Crippen LogP contribution in [0, 0.1) is 5.92 Å². The molecule has 9 heteroatoms. The lowest BCUT2D eigenvalue weighted by atomic mass is 9.97. The zero-order valence-electron chi connectivity index (χ0n) is 16.2. The first-order valence-electron chi connectivity index (χ1n) is 9.77. The number of hydrogen-bond donors (Lipinski definition) is 1. The first kappa shape index (κ1) is 20.7. The van der Waals surface area contributed by atoms with E-state index in [1.165, 1.54) is 4.31 Å². The van der Waals surface area contributed by atoms with E-state index in [1.807, 2.05) is 6.92 Å². The van der Waals surface area contributed by atoms with Crippen molar-refractivity contribution < 1.29 is 27.4 Å². The van der Waals surface area contributed by atoms with Gasteiger partial charge in [0.15, 0.2) is 11.5 Å². The van der Waals surface area contributed by atoms with E-state index in [1.54, 1.807) is 18.2 Å².